The van der Waals surface area contributed by atoms with Gasteiger partial charge in [-0.1, -0.05) is 49.2 Å². The van der Waals surface area contributed by atoms with Gasteiger partial charge in [-0.15, -0.1) is 0 Å². The molecule has 0 aliphatic carbocycles. The number of para-hydroxylation sites is 2. The average Bonchev–Trinajstić information content (AvgIpc) is 3.12. The number of fused-ring (bicyclic) bond motifs is 1. The molecule has 7 heteroatoms. The predicted molar refractivity (Wildman–Crippen MR) is 124 cm³/mol. The van der Waals surface area contributed by atoms with Gasteiger partial charge in [-0.05, 0) is 43.2 Å². The predicted octanol–water partition coefficient (Wildman–Crippen LogP) is 4.37. The van der Waals surface area contributed by atoms with Crippen LogP contribution >= 0.6 is 11.6 Å². The Bertz CT molecular complexity index is 1050. The highest BCUT2D eigenvalue weighted by molar-refractivity contribution is 6.30. The smallest absolute Gasteiger partial charge is 0.242 e. The summed E-state index contributed by atoms with van der Waals surface area (Å²) in [5.74, 6) is 0.584. The Kier molecular flexibility index (Phi) is 7.69. The Morgan fingerprint density at radius 2 is 1.87 bits per heavy atom. The van der Waals surface area contributed by atoms with Gasteiger partial charge < -0.3 is 14.8 Å². The van der Waals surface area contributed by atoms with Crippen molar-refractivity contribution in [2.45, 2.75) is 45.7 Å². The van der Waals surface area contributed by atoms with E-state index >= 15 is 0 Å². The molecule has 0 spiro atoms. The Morgan fingerprint density at radius 3 is 2.58 bits per heavy atom. The van der Waals surface area contributed by atoms with Crippen molar-refractivity contribution in [3.05, 3.63) is 64.9 Å². The van der Waals surface area contributed by atoms with E-state index < -0.39 is 0 Å². The standard InChI is InChI=1S/C24H29ClN4O2/c1-4-5-14-28(3)23(31)16-29-21-9-7-6-8-20(21)27-24(29)17(2)26-22(30)15-18-10-12-19(25)13-11-18/h6-13,17H,4-5,14-16H2,1-3H3,(H,26,30). The molecule has 0 aliphatic rings. The van der Waals surface area contributed by atoms with Gasteiger partial charge in [-0.2, -0.15) is 0 Å². The van der Waals surface area contributed by atoms with Crippen LogP contribution in [0.15, 0.2) is 48.5 Å². The molecule has 3 aromatic rings. The van der Waals surface area contributed by atoms with Crippen molar-refractivity contribution >= 4 is 34.4 Å². The summed E-state index contributed by atoms with van der Waals surface area (Å²) in [7, 11) is 1.83. The van der Waals surface area contributed by atoms with Gasteiger partial charge in [0.25, 0.3) is 0 Å². The van der Waals surface area contributed by atoms with E-state index in [-0.39, 0.29) is 30.8 Å². The van der Waals surface area contributed by atoms with E-state index in [0.29, 0.717) is 10.8 Å². The third-order valence-corrected chi connectivity index (χ3v) is 5.54. The number of halogens is 1. The Balaban J connectivity index is 1.78. The average molecular weight is 441 g/mol. The molecule has 0 aliphatic heterocycles. The van der Waals surface area contributed by atoms with Gasteiger partial charge in [0.1, 0.15) is 12.4 Å². The number of benzene rings is 2. The van der Waals surface area contributed by atoms with Crippen LogP contribution in [0.25, 0.3) is 11.0 Å². The molecule has 6 nitrogen and oxygen atoms in total. The number of carbonyl (C=O) groups is 2. The molecule has 1 heterocycles. The third-order valence-electron chi connectivity index (χ3n) is 5.29. The fourth-order valence-corrected chi connectivity index (χ4v) is 3.64. The Morgan fingerprint density at radius 1 is 1.16 bits per heavy atom. The first kappa shape index (κ1) is 22.8. The first-order chi connectivity index (χ1) is 14.9. The monoisotopic (exact) mass is 440 g/mol. The van der Waals surface area contributed by atoms with Crippen LogP contribution in [-0.4, -0.2) is 39.9 Å². The van der Waals surface area contributed by atoms with Crippen molar-refractivity contribution < 1.29 is 9.59 Å². The number of aromatic nitrogens is 2. The maximum atomic E-state index is 12.8. The highest BCUT2D eigenvalue weighted by Gasteiger charge is 2.21. The van der Waals surface area contributed by atoms with Gasteiger partial charge >= 0.3 is 0 Å². The van der Waals surface area contributed by atoms with Gasteiger partial charge in [0.15, 0.2) is 0 Å². The van der Waals surface area contributed by atoms with Gasteiger partial charge in [0.2, 0.25) is 11.8 Å². The van der Waals surface area contributed by atoms with Crippen LogP contribution in [0.5, 0.6) is 0 Å². The molecule has 1 aromatic heterocycles. The first-order valence-corrected chi connectivity index (χ1v) is 11.0. The van der Waals surface area contributed by atoms with E-state index in [2.05, 4.69) is 12.2 Å². The Hall–Kier alpha value is -2.86. The molecular weight excluding hydrogens is 412 g/mol. The second-order valence-electron chi connectivity index (χ2n) is 7.81. The number of hydrogen-bond donors (Lipinski definition) is 1. The van der Waals surface area contributed by atoms with Crippen molar-refractivity contribution in [2.24, 2.45) is 0 Å². The second-order valence-corrected chi connectivity index (χ2v) is 8.24. The zero-order chi connectivity index (χ0) is 22.4. The molecule has 0 fully saturated rings. The molecule has 0 bridgehead atoms. The van der Waals surface area contributed by atoms with Crippen molar-refractivity contribution in [3.8, 4) is 0 Å². The lowest BCUT2D eigenvalue weighted by Gasteiger charge is -2.20. The second kappa shape index (κ2) is 10.4. The number of nitrogens with zero attached hydrogens (tertiary/aromatic N) is 3. The zero-order valence-corrected chi connectivity index (χ0v) is 19.0. The normalized spacial score (nSPS) is 12.0. The summed E-state index contributed by atoms with van der Waals surface area (Å²) < 4.78 is 1.91. The Labute approximate surface area is 188 Å². The lowest BCUT2D eigenvalue weighted by atomic mass is 10.1. The molecule has 1 N–H and O–H groups in total. The van der Waals surface area contributed by atoms with E-state index in [1.807, 2.05) is 54.9 Å². The van der Waals surface area contributed by atoms with E-state index in [9.17, 15) is 9.59 Å². The number of amides is 2. The number of carbonyl (C=O) groups excluding carboxylic acids is 2. The summed E-state index contributed by atoms with van der Waals surface area (Å²) in [5, 5.41) is 3.66. The largest absolute Gasteiger partial charge is 0.346 e. The number of likely N-dealkylation sites (N-methyl/N-ethyl adjacent to an activating group) is 1. The number of unbranched alkanes of at least 4 members (excludes halogenated alkanes) is 1. The summed E-state index contributed by atoms with van der Waals surface area (Å²) in [5.41, 5.74) is 2.57. The molecular formula is C24H29ClN4O2. The van der Waals surface area contributed by atoms with Crippen LogP contribution < -0.4 is 5.32 Å². The summed E-state index contributed by atoms with van der Waals surface area (Å²) in [6.45, 7) is 4.91. The zero-order valence-electron chi connectivity index (χ0n) is 18.3. The van der Waals surface area contributed by atoms with Crippen molar-refractivity contribution in [2.75, 3.05) is 13.6 Å². The topological polar surface area (TPSA) is 67.2 Å². The van der Waals surface area contributed by atoms with E-state index in [1.165, 1.54) is 0 Å². The van der Waals surface area contributed by atoms with Gasteiger partial charge in [0, 0.05) is 18.6 Å². The summed E-state index contributed by atoms with van der Waals surface area (Å²) >= 11 is 5.92. The minimum atomic E-state index is -0.346. The molecule has 0 saturated carbocycles. The van der Waals surface area contributed by atoms with Crippen LogP contribution in [-0.2, 0) is 22.6 Å². The maximum absolute atomic E-state index is 12.8. The van der Waals surface area contributed by atoms with E-state index in [1.54, 1.807) is 17.0 Å². The molecule has 1 unspecified atom stereocenters. The van der Waals surface area contributed by atoms with Crippen LogP contribution in [0.1, 0.15) is 44.1 Å². The minimum absolute atomic E-state index is 0.0255. The van der Waals surface area contributed by atoms with Crippen LogP contribution in [0.4, 0.5) is 0 Å². The summed E-state index contributed by atoms with van der Waals surface area (Å²) in [6, 6.07) is 14.6. The van der Waals surface area contributed by atoms with E-state index in [4.69, 9.17) is 16.6 Å². The summed E-state index contributed by atoms with van der Waals surface area (Å²) in [4.78, 5) is 31.9. The molecule has 0 saturated heterocycles. The highest BCUT2D eigenvalue weighted by Crippen LogP contribution is 2.21. The van der Waals surface area contributed by atoms with Crippen LogP contribution in [0, 0.1) is 0 Å². The highest BCUT2D eigenvalue weighted by atomic mass is 35.5. The third kappa shape index (κ3) is 5.85. The molecule has 2 amide bonds. The molecule has 2 aromatic carbocycles. The quantitative estimate of drug-likeness (QED) is 0.537. The van der Waals surface area contributed by atoms with Crippen molar-refractivity contribution in [1.29, 1.82) is 0 Å². The van der Waals surface area contributed by atoms with Crippen LogP contribution in [0.2, 0.25) is 5.02 Å². The van der Waals surface area contributed by atoms with Crippen LogP contribution in [0.3, 0.4) is 0 Å². The lowest BCUT2D eigenvalue weighted by Crippen LogP contribution is -2.33. The molecule has 1 atom stereocenters. The number of imidazole rings is 1. The molecule has 31 heavy (non-hydrogen) atoms. The van der Waals surface area contributed by atoms with Gasteiger partial charge in [-0.25, -0.2) is 4.98 Å². The number of nitrogens with one attached hydrogen (secondary N) is 1. The fourth-order valence-electron chi connectivity index (χ4n) is 3.51. The molecule has 0 radical (unpaired) electrons. The maximum Gasteiger partial charge on any atom is 0.242 e. The van der Waals surface area contributed by atoms with Crippen molar-refractivity contribution in [3.63, 3.8) is 0 Å². The van der Waals surface area contributed by atoms with Crippen molar-refractivity contribution in [1.82, 2.24) is 19.8 Å². The lowest BCUT2D eigenvalue weighted by molar-refractivity contribution is -0.130. The number of hydrogen-bond acceptors (Lipinski definition) is 3. The molecule has 164 valence electrons. The minimum Gasteiger partial charge on any atom is -0.346 e. The fraction of sp³-hybridized carbons (Fsp3) is 0.375. The van der Waals surface area contributed by atoms with Gasteiger partial charge in [0.05, 0.1) is 23.5 Å². The summed E-state index contributed by atoms with van der Waals surface area (Å²) in [6.07, 6.45) is 2.25. The number of rotatable bonds is 9. The first-order valence-electron chi connectivity index (χ1n) is 10.6. The van der Waals surface area contributed by atoms with E-state index in [0.717, 1.165) is 36.0 Å². The van der Waals surface area contributed by atoms with Gasteiger partial charge in [-0.3, -0.25) is 9.59 Å². The molecule has 3 rings (SSSR count). The SMILES string of the molecule is CCCCN(C)C(=O)Cn1c(C(C)NC(=O)Cc2ccc(Cl)cc2)nc2ccccc21.